The summed E-state index contributed by atoms with van der Waals surface area (Å²) < 4.78 is 13.6. The van der Waals surface area contributed by atoms with Crippen molar-refractivity contribution in [3.05, 3.63) is 30.1 Å². The summed E-state index contributed by atoms with van der Waals surface area (Å²) in [5.74, 6) is 0.212. The molecule has 1 aromatic carbocycles. The average Bonchev–Trinajstić information content (AvgIpc) is 2.87. The number of nitrogens with zero attached hydrogens (tertiary/aromatic N) is 2. The molecule has 1 aromatic rings. The van der Waals surface area contributed by atoms with Gasteiger partial charge in [0.2, 0.25) is 0 Å². The van der Waals surface area contributed by atoms with Crippen LogP contribution >= 0.6 is 11.8 Å². The Labute approximate surface area is 101 Å². The van der Waals surface area contributed by atoms with Gasteiger partial charge in [0.1, 0.15) is 11.9 Å². The van der Waals surface area contributed by atoms with Crippen molar-refractivity contribution < 1.29 is 14.0 Å². The standard InChI is InChI=1S/C11H9FN2O2S/c12-7-3-1-2-4-8(7)14-10(15)9-5-17-6-13(9)11(14)16/h1-4,9H,5-6H2. The molecule has 0 aromatic heterocycles. The van der Waals surface area contributed by atoms with Gasteiger partial charge in [0.05, 0.1) is 11.6 Å². The smallest absolute Gasteiger partial charge is 0.302 e. The zero-order valence-corrected chi connectivity index (χ0v) is 9.61. The lowest BCUT2D eigenvalue weighted by atomic mass is 10.2. The minimum atomic E-state index is -0.553. The van der Waals surface area contributed by atoms with Crippen LogP contribution in [0.15, 0.2) is 24.3 Å². The normalized spacial score (nSPS) is 23.5. The van der Waals surface area contributed by atoms with E-state index < -0.39 is 17.9 Å². The number of thioether (sulfide) groups is 1. The van der Waals surface area contributed by atoms with Crippen LogP contribution in [0.2, 0.25) is 0 Å². The molecule has 2 aliphatic rings. The van der Waals surface area contributed by atoms with Crippen molar-refractivity contribution in [1.82, 2.24) is 4.90 Å². The van der Waals surface area contributed by atoms with E-state index >= 15 is 0 Å². The number of fused-ring (bicyclic) bond motifs is 1. The Morgan fingerprint density at radius 1 is 1.29 bits per heavy atom. The molecule has 2 saturated heterocycles. The lowest BCUT2D eigenvalue weighted by Gasteiger charge is -2.15. The zero-order chi connectivity index (χ0) is 12.0. The van der Waals surface area contributed by atoms with Crippen LogP contribution in [0.25, 0.3) is 0 Å². The number of imide groups is 1. The fourth-order valence-corrected chi connectivity index (χ4v) is 3.20. The van der Waals surface area contributed by atoms with Crippen molar-refractivity contribution in [3.8, 4) is 0 Å². The number of hydrogen-bond acceptors (Lipinski definition) is 3. The average molecular weight is 252 g/mol. The number of anilines is 1. The predicted octanol–water partition coefficient (Wildman–Crippen LogP) is 1.67. The van der Waals surface area contributed by atoms with Gasteiger partial charge >= 0.3 is 6.03 Å². The summed E-state index contributed by atoms with van der Waals surface area (Å²) in [7, 11) is 0. The Morgan fingerprint density at radius 3 is 2.76 bits per heavy atom. The van der Waals surface area contributed by atoms with Crippen LogP contribution in [0, 0.1) is 5.82 Å². The molecule has 3 amide bonds. The van der Waals surface area contributed by atoms with Gasteiger partial charge in [-0.25, -0.2) is 14.1 Å². The molecule has 0 N–H and O–H groups in total. The summed E-state index contributed by atoms with van der Waals surface area (Å²) >= 11 is 1.54. The molecule has 0 saturated carbocycles. The van der Waals surface area contributed by atoms with E-state index in [1.165, 1.54) is 34.9 Å². The summed E-state index contributed by atoms with van der Waals surface area (Å²) in [4.78, 5) is 26.5. The first-order valence-electron chi connectivity index (χ1n) is 5.17. The quantitative estimate of drug-likeness (QED) is 0.714. The van der Waals surface area contributed by atoms with Crippen LogP contribution in [0.5, 0.6) is 0 Å². The predicted molar refractivity (Wildman–Crippen MR) is 62.2 cm³/mol. The molecule has 2 aliphatic heterocycles. The fourth-order valence-electron chi connectivity index (χ4n) is 2.06. The van der Waals surface area contributed by atoms with Crippen molar-refractivity contribution in [1.29, 1.82) is 0 Å². The number of amides is 3. The van der Waals surface area contributed by atoms with Crippen LogP contribution in [0.3, 0.4) is 0 Å². The van der Waals surface area contributed by atoms with Gasteiger partial charge in [-0.2, -0.15) is 0 Å². The van der Waals surface area contributed by atoms with Crippen molar-refractivity contribution >= 4 is 29.4 Å². The first kappa shape index (κ1) is 10.6. The molecule has 88 valence electrons. The SMILES string of the molecule is O=C1C2CSCN2C(=O)N1c1ccccc1F. The van der Waals surface area contributed by atoms with Gasteiger partial charge in [-0.05, 0) is 12.1 Å². The number of para-hydroxylation sites is 1. The molecule has 1 atom stereocenters. The highest BCUT2D eigenvalue weighted by atomic mass is 32.2. The largest absolute Gasteiger partial charge is 0.332 e. The van der Waals surface area contributed by atoms with Crippen molar-refractivity contribution in [3.63, 3.8) is 0 Å². The fraction of sp³-hybridized carbons (Fsp3) is 0.273. The van der Waals surface area contributed by atoms with Crippen molar-refractivity contribution in [2.24, 2.45) is 0 Å². The van der Waals surface area contributed by atoms with E-state index in [2.05, 4.69) is 0 Å². The summed E-state index contributed by atoms with van der Waals surface area (Å²) in [6.45, 7) is 0. The van der Waals surface area contributed by atoms with Gasteiger partial charge in [0.25, 0.3) is 5.91 Å². The molecule has 3 rings (SSSR count). The van der Waals surface area contributed by atoms with Crippen LogP contribution in [-0.2, 0) is 4.79 Å². The maximum absolute atomic E-state index is 13.6. The van der Waals surface area contributed by atoms with Gasteiger partial charge in [0.15, 0.2) is 0 Å². The molecule has 4 nitrogen and oxygen atoms in total. The molecule has 17 heavy (non-hydrogen) atoms. The Hall–Kier alpha value is -1.56. The van der Waals surface area contributed by atoms with E-state index in [9.17, 15) is 14.0 Å². The van der Waals surface area contributed by atoms with E-state index in [1.54, 1.807) is 6.07 Å². The maximum atomic E-state index is 13.6. The summed E-state index contributed by atoms with van der Waals surface area (Å²) in [6.07, 6.45) is 0. The molecular formula is C11H9FN2O2S. The lowest BCUT2D eigenvalue weighted by Crippen LogP contribution is -2.33. The third-order valence-corrected chi connectivity index (χ3v) is 3.93. The van der Waals surface area contributed by atoms with Crippen LogP contribution in [-0.4, -0.2) is 34.5 Å². The first-order chi connectivity index (χ1) is 8.20. The third-order valence-electron chi connectivity index (χ3n) is 2.92. The summed E-state index contributed by atoms with van der Waals surface area (Å²) in [5.41, 5.74) is 0.0434. The highest BCUT2D eigenvalue weighted by Crippen LogP contribution is 2.33. The third kappa shape index (κ3) is 1.44. The number of benzene rings is 1. The van der Waals surface area contributed by atoms with Crippen molar-refractivity contribution in [2.75, 3.05) is 16.5 Å². The van der Waals surface area contributed by atoms with Gasteiger partial charge < -0.3 is 4.90 Å². The molecular weight excluding hydrogens is 243 g/mol. The highest BCUT2D eigenvalue weighted by molar-refractivity contribution is 7.99. The molecule has 0 spiro atoms. The molecule has 1 unspecified atom stereocenters. The minimum absolute atomic E-state index is 0.0434. The topological polar surface area (TPSA) is 40.6 Å². The zero-order valence-electron chi connectivity index (χ0n) is 8.80. The van der Waals surface area contributed by atoms with Gasteiger partial charge in [-0.3, -0.25) is 4.79 Å². The van der Waals surface area contributed by atoms with Gasteiger partial charge in [-0.15, -0.1) is 11.8 Å². The Kier molecular flexibility index (Phi) is 2.32. The van der Waals surface area contributed by atoms with Gasteiger partial charge in [0, 0.05) is 5.75 Å². The van der Waals surface area contributed by atoms with Gasteiger partial charge in [-0.1, -0.05) is 12.1 Å². The second-order valence-electron chi connectivity index (χ2n) is 3.89. The number of carbonyl (C=O) groups is 2. The number of halogens is 1. The Morgan fingerprint density at radius 2 is 2.06 bits per heavy atom. The van der Waals surface area contributed by atoms with E-state index in [-0.39, 0.29) is 11.6 Å². The molecule has 0 aliphatic carbocycles. The molecule has 6 heteroatoms. The number of carbonyl (C=O) groups excluding carboxylic acids is 2. The molecule has 2 fully saturated rings. The second kappa shape index (κ2) is 3.73. The first-order valence-corrected chi connectivity index (χ1v) is 6.32. The van der Waals surface area contributed by atoms with E-state index in [0.29, 0.717) is 11.6 Å². The summed E-state index contributed by atoms with van der Waals surface area (Å²) in [6, 6.07) is 4.98. The Balaban J connectivity index is 2.03. The lowest BCUT2D eigenvalue weighted by molar-refractivity contribution is -0.118. The van der Waals surface area contributed by atoms with Crippen LogP contribution in [0.4, 0.5) is 14.9 Å². The number of urea groups is 1. The number of rotatable bonds is 1. The molecule has 0 bridgehead atoms. The number of hydrogen-bond donors (Lipinski definition) is 0. The van der Waals surface area contributed by atoms with E-state index in [1.807, 2.05) is 0 Å². The molecule has 2 heterocycles. The van der Waals surface area contributed by atoms with Crippen molar-refractivity contribution in [2.45, 2.75) is 6.04 Å². The summed E-state index contributed by atoms with van der Waals surface area (Å²) in [5, 5.41) is 0. The Bertz CT molecular complexity index is 486. The highest BCUT2D eigenvalue weighted by Gasteiger charge is 2.49. The van der Waals surface area contributed by atoms with E-state index in [0.717, 1.165) is 4.90 Å². The van der Waals surface area contributed by atoms with E-state index in [4.69, 9.17) is 0 Å². The minimum Gasteiger partial charge on any atom is -0.302 e. The van der Waals surface area contributed by atoms with Crippen LogP contribution < -0.4 is 4.90 Å². The van der Waals surface area contributed by atoms with Crippen LogP contribution in [0.1, 0.15) is 0 Å². The second-order valence-corrected chi connectivity index (χ2v) is 4.89. The molecule has 0 radical (unpaired) electrons. The maximum Gasteiger partial charge on any atom is 0.332 e. The monoisotopic (exact) mass is 252 g/mol.